The molecular formula is C49H81F4NO4. The fraction of sp³-hybridized carbons (Fsp3) is 0.735. The molecule has 0 fully saturated rings. The van der Waals surface area contributed by atoms with E-state index < -0.39 is 41.1 Å². The van der Waals surface area contributed by atoms with Crippen LogP contribution >= 0.6 is 0 Å². The first-order chi connectivity index (χ1) is 27.6. The van der Waals surface area contributed by atoms with Crippen molar-refractivity contribution in [3.8, 4) is 5.75 Å². The van der Waals surface area contributed by atoms with Crippen molar-refractivity contribution >= 4 is 11.7 Å². The summed E-state index contributed by atoms with van der Waals surface area (Å²) < 4.78 is 51.6. The maximum Gasteiger partial charge on any atom is 0.428 e. The van der Waals surface area contributed by atoms with Gasteiger partial charge in [0, 0.05) is 24.2 Å². The Morgan fingerprint density at radius 2 is 1.00 bits per heavy atom. The summed E-state index contributed by atoms with van der Waals surface area (Å²) in [5.41, 5.74) is -1.35. The number of carboxylic acid groups (broad SMARTS) is 1. The van der Waals surface area contributed by atoms with E-state index in [9.17, 15) is 32.6 Å². The Morgan fingerprint density at radius 1 is 0.603 bits per heavy atom. The number of halogens is 4. The summed E-state index contributed by atoms with van der Waals surface area (Å²) in [5, 5.41) is 31.6. The number of carbonyl (C=O) groups is 1. The molecule has 2 aromatic rings. The summed E-state index contributed by atoms with van der Waals surface area (Å²) in [4.78, 5) is 10.8. The SMILES string of the molecule is CC(C)(CC(O)(C(=O)O)C(F)(F)F)c1cc(F)ccc1O.CCCCCCCCCCNc1cc(CCCCCCCCCC)cc(CCCCCCCCCC)c1. The highest BCUT2D eigenvalue weighted by Gasteiger charge is 2.62. The molecule has 0 aliphatic carbocycles. The van der Waals surface area contributed by atoms with Gasteiger partial charge in [-0.1, -0.05) is 176 Å². The van der Waals surface area contributed by atoms with Crippen LogP contribution in [0.4, 0.5) is 23.2 Å². The zero-order valence-electron chi connectivity index (χ0n) is 37.0. The number of aryl methyl sites for hydroxylation is 2. The zero-order chi connectivity index (χ0) is 43.3. The summed E-state index contributed by atoms with van der Waals surface area (Å²) in [5.74, 6) is -3.75. The van der Waals surface area contributed by atoms with Crippen molar-refractivity contribution in [2.24, 2.45) is 0 Å². The summed E-state index contributed by atoms with van der Waals surface area (Å²) >= 11 is 0. The van der Waals surface area contributed by atoms with Gasteiger partial charge in [0.1, 0.15) is 11.6 Å². The Morgan fingerprint density at radius 3 is 1.40 bits per heavy atom. The number of phenolic OH excluding ortho intramolecular Hbond substituents is 1. The van der Waals surface area contributed by atoms with Crippen LogP contribution in [0.25, 0.3) is 0 Å². The number of anilines is 1. The van der Waals surface area contributed by atoms with E-state index in [1.807, 2.05) is 0 Å². The first-order valence-corrected chi connectivity index (χ1v) is 23.0. The van der Waals surface area contributed by atoms with Gasteiger partial charge in [-0.2, -0.15) is 13.2 Å². The van der Waals surface area contributed by atoms with Gasteiger partial charge in [0.25, 0.3) is 5.60 Å². The molecule has 0 bridgehead atoms. The summed E-state index contributed by atoms with van der Waals surface area (Å²) in [7, 11) is 0. The van der Waals surface area contributed by atoms with E-state index in [4.69, 9.17) is 5.11 Å². The number of hydrogen-bond donors (Lipinski definition) is 4. The third kappa shape index (κ3) is 22.5. The molecule has 5 nitrogen and oxygen atoms in total. The van der Waals surface area contributed by atoms with Gasteiger partial charge < -0.3 is 20.6 Å². The lowest BCUT2D eigenvalue weighted by Crippen LogP contribution is -2.55. The molecule has 0 spiro atoms. The Balaban J connectivity index is 0.000000676. The van der Waals surface area contributed by atoms with Crippen molar-refractivity contribution in [2.45, 2.75) is 225 Å². The number of hydrogen-bond acceptors (Lipinski definition) is 4. The molecule has 4 N–H and O–H groups in total. The summed E-state index contributed by atoms with van der Waals surface area (Å²) in [6.07, 6.45) is 29.5. The number of nitrogens with one attached hydrogen (secondary N) is 1. The standard InChI is InChI=1S/C36H67N.C13H14F4O4/c1-4-7-10-13-16-19-22-25-28-34-31-35(29-26-23-20-17-14-11-8-5-2)33-36(32-34)37-30-27-24-21-18-15-12-9-6-3;1-11(2,8-5-7(14)3-4-9(8)18)6-12(21,10(19)20)13(15,16)17/h31-33,37H,4-30H2,1-3H3;3-5,18,21H,6H2,1-2H3,(H,19,20). The fourth-order valence-electron chi connectivity index (χ4n) is 7.65. The maximum atomic E-state index is 13.2. The highest BCUT2D eigenvalue weighted by molar-refractivity contribution is 5.78. The molecule has 0 saturated carbocycles. The van der Waals surface area contributed by atoms with Crippen LogP contribution < -0.4 is 5.32 Å². The van der Waals surface area contributed by atoms with Crippen LogP contribution in [-0.2, 0) is 23.1 Å². The third-order valence-corrected chi connectivity index (χ3v) is 11.3. The molecule has 0 heterocycles. The van der Waals surface area contributed by atoms with Crippen molar-refractivity contribution in [3.63, 3.8) is 0 Å². The van der Waals surface area contributed by atoms with Crippen LogP contribution in [0.5, 0.6) is 5.75 Å². The van der Waals surface area contributed by atoms with E-state index in [0.29, 0.717) is 0 Å². The number of aromatic hydroxyl groups is 1. The second-order valence-electron chi connectivity index (χ2n) is 17.3. The fourth-order valence-corrected chi connectivity index (χ4v) is 7.65. The average Bonchev–Trinajstić information content (AvgIpc) is 3.16. The van der Waals surface area contributed by atoms with E-state index >= 15 is 0 Å². The molecule has 0 amide bonds. The minimum Gasteiger partial charge on any atom is -0.508 e. The molecule has 1 unspecified atom stereocenters. The molecule has 9 heteroatoms. The first-order valence-electron chi connectivity index (χ1n) is 23.0. The normalized spacial score (nSPS) is 12.9. The smallest absolute Gasteiger partial charge is 0.428 e. The van der Waals surface area contributed by atoms with Crippen LogP contribution in [0.1, 0.15) is 212 Å². The first kappa shape index (κ1) is 53.2. The highest BCUT2D eigenvalue weighted by atomic mass is 19.4. The lowest BCUT2D eigenvalue weighted by Gasteiger charge is -2.35. The predicted molar refractivity (Wildman–Crippen MR) is 235 cm³/mol. The Hall–Kier alpha value is -2.81. The molecule has 334 valence electrons. The molecule has 2 rings (SSSR count). The Kier molecular flexibility index (Phi) is 27.8. The average molecular weight is 824 g/mol. The van der Waals surface area contributed by atoms with Gasteiger partial charge in [-0.3, -0.25) is 0 Å². The topological polar surface area (TPSA) is 89.8 Å². The number of aliphatic carboxylic acids is 1. The number of unbranched alkanes of at least 4 members (excludes halogenated alkanes) is 21. The zero-order valence-corrected chi connectivity index (χ0v) is 37.0. The lowest BCUT2D eigenvalue weighted by atomic mass is 9.74. The second-order valence-corrected chi connectivity index (χ2v) is 17.3. The molecule has 0 radical (unpaired) electrons. The third-order valence-electron chi connectivity index (χ3n) is 11.3. The molecule has 0 saturated heterocycles. The number of rotatable bonds is 32. The van der Waals surface area contributed by atoms with Crippen molar-refractivity contribution in [1.29, 1.82) is 0 Å². The van der Waals surface area contributed by atoms with Gasteiger partial charge in [0.05, 0.1) is 0 Å². The number of phenols is 1. The second kappa shape index (κ2) is 30.3. The van der Waals surface area contributed by atoms with Crippen LogP contribution in [0.15, 0.2) is 36.4 Å². The van der Waals surface area contributed by atoms with Gasteiger partial charge >= 0.3 is 12.1 Å². The van der Waals surface area contributed by atoms with E-state index in [-0.39, 0.29) is 5.56 Å². The van der Waals surface area contributed by atoms with Gasteiger partial charge in [0.15, 0.2) is 0 Å². The number of benzene rings is 2. The number of carboxylic acids is 1. The minimum absolute atomic E-state index is 0.230. The highest BCUT2D eigenvalue weighted by Crippen LogP contribution is 2.43. The van der Waals surface area contributed by atoms with Gasteiger partial charge in [0.2, 0.25) is 0 Å². The van der Waals surface area contributed by atoms with Gasteiger partial charge in [-0.05, 0) is 79.0 Å². The molecule has 0 aliphatic rings. The molecule has 58 heavy (non-hydrogen) atoms. The minimum atomic E-state index is -5.42. The molecule has 0 aromatic heterocycles. The van der Waals surface area contributed by atoms with Crippen LogP contribution in [0.3, 0.4) is 0 Å². The molecule has 2 aromatic carbocycles. The molecular weight excluding hydrogens is 743 g/mol. The number of aliphatic hydroxyl groups is 1. The van der Waals surface area contributed by atoms with Gasteiger partial charge in [-0.15, -0.1) is 0 Å². The Labute approximate surface area is 350 Å². The van der Waals surface area contributed by atoms with Crippen molar-refractivity contribution in [3.05, 3.63) is 58.9 Å². The van der Waals surface area contributed by atoms with E-state index in [0.717, 1.165) is 24.7 Å². The van der Waals surface area contributed by atoms with Crippen molar-refractivity contribution in [1.82, 2.24) is 0 Å². The van der Waals surface area contributed by atoms with Crippen LogP contribution in [0, 0.1) is 5.82 Å². The quantitative estimate of drug-likeness (QED) is 0.0436. The molecule has 0 aliphatic heterocycles. The summed E-state index contributed by atoms with van der Waals surface area (Å²) in [6.45, 7) is 10.4. The monoisotopic (exact) mass is 824 g/mol. The van der Waals surface area contributed by atoms with Gasteiger partial charge in [-0.25, -0.2) is 9.18 Å². The van der Waals surface area contributed by atoms with Crippen LogP contribution in [0.2, 0.25) is 0 Å². The predicted octanol–water partition coefficient (Wildman–Crippen LogP) is 15.2. The van der Waals surface area contributed by atoms with E-state index in [1.54, 1.807) is 11.1 Å². The van der Waals surface area contributed by atoms with Crippen molar-refractivity contribution in [2.75, 3.05) is 11.9 Å². The number of alkyl halides is 3. The summed E-state index contributed by atoms with van der Waals surface area (Å²) in [6, 6.07) is 10.1. The van der Waals surface area contributed by atoms with E-state index in [1.165, 1.54) is 186 Å². The largest absolute Gasteiger partial charge is 0.508 e. The lowest BCUT2D eigenvalue weighted by molar-refractivity contribution is -0.265. The molecule has 1 atom stereocenters. The van der Waals surface area contributed by atoms with E-state index in [2.05, 4.69) is 44.3 Å². The maximum absolute atomic E-state index is 13.2. The van der Waals surface area contributed by atoms with Crippen LogP contribution in [-0.4, -0.2) is 39.6 Å². The van der Waals surface area contributed by atoms with Crippen molar-refractivity contribution < 1.29 is 37.7 Å². The Bertz CT molecular complexity index is 1330.